The largest absolute Gasteiger partial charge is 0.496 e. The first-order valence-corrected chi connectivity index (χ1v) is 13.0. The maximum Gasteiger partial charge on any atom is 0.255 e. The SMILES string of the molecule is COc1ccccc1C(=O)N[C@H](C(=O)NCc1ccc(S(=O)(=O)N2CCCCC2)cc1)C(C)C. The lowest BCUT2D eigenvalue weighted by Crippen LogP contribution is -2.49. The van der Waals surface area contributed by atoms with E-state index in [0.29, 0.717) is 24.4 Å². The van der Waals surface area contributed by atoms with E-state index in [1.54, 1.807) is 48.5 Å². The number of hydrogen-bond donors (Lipinski definition) is 2. The summed E-state index contributed by atoms with van der Waals surface area (Å²) in [6, 6.07) is 12.7. The zero-order valence-corrected chi connectivity index (χ0v) is 20.7. The number of ether oxygens (including phenoxy) is 1. The van der Waals surface area contributed by atoms with E-state index >= 15 is 0 Å². The van der Waals surface area contributed by atoms with E-state index in [0.717, 1.165) is 24.8 Å². The van der Waals surface area contributed by atoms with Gasteiger partial charge in [-0.3, -0.25) is 9.59 Å². The molecule has 2 N–H and O–H groups in total. The lowest BCUT2D eigenvalue weighted by molar-refractivity contribution is -0.124. The second-order valence-corrected chi connectivity index (χ2v) is 10.7. The van der Waals surface area contributed by atoms with Crippen LogP contribution < -0.4 is 15.4 Å². The summed E-state index contributed by atoms with van der Waals surface area (Å²) in [6.07, 6.45) is 2.82. The van der Waals surface area contributed by atoms with Gasteiger partial charge in [0.1, 0.15) is 11.8 Å². The van der Waals surface area contributed by atoms with Crippen molar-refractivity contribution in [2.24, 2.45) is 5.92 Å². The number of sulfonamides is 1. The van der Waals surface area contributed by atoms with Crippen LogP contribution in [0.25, 0.3) is 0 Å². The Labute approximate surface area is 201 Å². The number of carbonyl (C=O) groups is 2. The first kappa shape index (κ1) is 25.7. The monoisotopic (exact) mass is 487 g/mol. The van der Waals surface area contributed by atoms with Crippen molar-refractivity contribution in [3.63, 3.8) is 0 Å². The van der Waals surface area contributed by atoms with E-state index in [-0.39, 0.29) is 23.3 Å². The van der Waals surface area contributed by atoms with Crippen LogP contribution in [0.3, 0.4) is 0 Å². The summed E-state index contributed by atoms with van der Waals surface area (Å²) in [5.74, 6) is -0.417. The van der Waals surface area contributed by atoms with Crippen molar-refractivity contribution in [1.29, 1.82) is 0 Å². The molecular formula is C25H33N3O5S. The predicted molar refractivity (Wildman–Crippen MR) is 130 cm³/mol. The summed E-state index contributed by atoms with van der Waals surface area (Å²) in [5, 5.41) is 5.64. The molecule has 0 radical (unpaired) electrons. The fraction of sp³-hybridized carbons (Fsp3) is 0.440. The predicted octanol–water partition coefficient (Wildman–Crippen LogP) is 2.94. The maximum absolute atomic E-state index is 12.9. The molecule has 0 unspecified atom stereocenters. The van der Waals surface area contributed by atoms with Gasteiger partial charge >= 0.3 is 0 Å². The molecule has 1 fully saturated rings. The zero-order chi connectivity index (χ0) is 24.7. The number of hydrogen-bond acceptors (Lipinski definition) is 5. The van der Waals surface area contributed by atoms with Gasteiger partial charge in [0.15, 0.2) is 0 Å². The highest BCUT2D eigenvalue weighted by atomic mass is 32.2. The molecule has 0 aromatic heterocycles. The summed E-state index contributed by atoms with van der Waals surface area (Å²) in [7, 11) is -2.00. The van der Waals surface area contributed by atoms with Gasteiger partial charge in [0, 0.05) is 19.6 Å². The smallest absolute Gasteiger partial charge is 0.255 e. The Hall–Kier alpha value is -2.91. The van der Waals surface area contributed by atoms with Crippen LogP contribution in [0.4, 0.5) is 0 Å². The quantitative estimate of drug-likeness (QED) is 0.566. The van der Waals surface area contributed by atoms with Gasteiger partial charge in [-0.15, -0.1) is 0 Å². The Kier molecular flexibility index (Phi) is 8.68. The summed E-state index contributed by atoms with van der Waals surface area (Å²) in [4.78, 5) is 25.9. The average molecular weight is 488 g/mol. The molecule has 2 aromatic carbocycles. The summed E-state index contributed by atoms with van der Waals surface area (Å²) in [6.45, 7) is 5.03. The van der Waals surface area contributed by atoms with Crippen LogP contribution in [-0.2, 0) is 21.4 Å². The summed E-state index contributed by atoms with van der Waals surface area (Å²) >= 11 is 0. The average Bonchev–Trinajstić information content (AvgIpc) is 2.86. The molecule has 3 rings (SSSR count). The van der Waals surface area contributed by atoms with Crippen molar-refractivity contribution >= 4 is 21.8 Å². The zero-order valence-electron chi connectivity index (χ0n) is 19.9. The molecule has 1 heterocycles. The molecule has 2 aromatic rings. The van der Waals surface area contributed by atoms with Crippen LogP contribution in [-0.4, -0.2) is 50.8 Å². The lowest BCUT2D eigenvalue weighted by atomic mass is 10.0. The Balaban J connectivity index is 1.62. The molecule has 0 saturated carbocycles. The minimum Gasteiger partial charge on any atom is -0.496 e. The van der Waals surface area contributed by atoms with E-state index < -0.39 is 22.0 Å². The number of nitrogens with one attached hydrogen (secondary N) is 2. The number of benzene rings is 2. The number of carbonyl (C=O) groups excluding carboxylic acids is 2. The lowest BCUT2D eigenvalue weighted by Gasteiger charge is -2.26. The molecule has 0 aliphatic carbocycles. The van der Waals surface area contributed by atoms with Gasteiger partial charge in [0.05, 0.1) is 17.6 Å². The van der Waals surface area contributed by atoms with Gasteiger partial charge < -0.3 is 15.4 Å². The molecule has 1 aliphatic rings. The Morgan fingerprint density at radius 1 is 1.00 bits per heavy atom. The number of rotatable bonds is 9. The highest BCUT2D eigenvalue weighted by molar-refractivity contribution is 7.89. The van der Waals surface area contributed by atoms with Crippen molar-refractivity contribution < 1.29 is 22.7 Å². The van der Waals surface area contributed by atoms with Gasteiger partial charge in [-0.05, 0) is 48.6 Å². The molecule has 2 amide bonds. The van der Waals surface area contributed by atoms with Gasteiger partial charge in [-0.2, -0.15) is 4.31 Å². The second kappa shape index (κ2) is 11.5. The molecule has 1 saturated heterocycles. The first-order valence-electron chi connectivity index (χ1n) is 11.5. The molecule has 34 heavy (non-hydrogen) atoms. The van der Waals surface area contributed by atoms with Crippen molar-refractivity contribution in [2.75, 3.05) is 20.2 Å². The molecule has 184 valence electrons. The van der Waals surface area contributed by atoms with Gasteiger partial charge in [0.2, 0.25) is 15.9 Å². The standard InChI is InChI=1S/C25H33N3O5S/c1-18(2)23(27-24(29)21-9-5-6-10-22(21)33-3)25(30)26-17-19-11-13-20(14-12-19)34(31,32)28-15-7-4-8-16-28/h5-6,9-14,18,23H,4,7-8,15-17H2,1-3H3,(H,26,30)(H,27,29)/t23-/m0/s1. The second-order valence-electron chi connectivity index (χ2n) is 8.72. The van der Waals surface area contributed by atoms with Gasteiger partial charge in [-0.25, -0.2) is 8.42 Å². The van der Waals surface area contributed by atoms with Crippen molar-refractivity contribution in [3.05, 3.63) is 59.7 Å². The van der Waals surface area contributed by atoms with Crippen molar-refractivity contribution in [1.82, 2.24) is 14.9 Å². The minimum absolute atomic E-state index is 0.143. The topological polar surface area (TPSA) is 105 Å². The Bertz CT molecular complexity index is 1090. The van der Waals surface area contributed by atoms with Gasteiger partial charge in [-0.1, -0.05) is 44.5 Å². The number of methoxy groups -OCH3 is 1. The highest BCUT2D eigenvalue weighted by Crippen LogP contribution is 2.21. The third-order valence-corrected chi connectivity index (χ3v) is 7.84. The normalized spacial score (nSPS) is 15.5. The molecule has 9 heteroatoms. The van der Waals surface area contributed by atoms with Crippen LogP contribution >= 0.6 is 0 Å². The maximum atomic E-state index is 12.9. The molecule has 1 aliphatic heterocycles. The van der Waals surface area contributed by atoms with Crippen molar-refractivity contribution in [3.8, 4) is 5.75 Å². The summed E-state index contributed by atoms with van der Waals surface area (Å²) < 4.78 is 32.4. The van der Waals surface area contributed by atoms with E-state index in [1.807, 2.05) is 13.8 Å². The van der Waals surface area contributed by atoms with Crippen LogP contribution in [0.2, 0.25) is 0 Å². The van der Waals surface area contributed by atoms with Crippen molar-refractivity contribution in [2.45, 2.75) is 50.6 Å². The first-order chi connectivity index (χ1) is 16.2. The van der Waals surface area contributed by atoms with Crippen LogP contribution in [0.1, 0.15) is 49.0 Å². The van der Waals surface area contributed by atoms with Crippen LogP contribution in [0, 0.1) is 5.92 Å². The van der Waals surface area contributed by atoms with Crippen LogP contribution in [0.15, 0.2) is 53.4 Å². The molecule has 8 nitrogen and oxygen atoms in total. The number of amides is 2. The highest BCUT2D eigenvalue weighted by Gasteiger charge is 2.27. The Morgan fingerprint density at radius 2 is 1.65 bits per heavy atom. The third-order valence-electron chi connectivity index (χ3n) is 5.93. The van der Waals surface area contributed by atoms with Crippen LogP contribution in [0.5, 0.6) is 5.75 Å². The van der Waals surface area contributed by atoms with E-state index in [4.69, 9.17) is 4.74 Å². The molecular weight excluding hydrogens is 454 g/mol. The van der Waals surface area contributed by atoms with E-state index in [9.17, 15) is 18.0 Å². The van der Waals surface area contributed by atoms with E-state index in [1.165, 1.54) is 11.4 Å². The number of nitrogens with zero attached hydrogens (tertiary/aromatic N) is 1. The van der Waals surface area contributed by atoms with Gasteiger partial charge in [0.25, 0.3) is 5.91 Å². The fourth-order valence-electron chi connectivity index (χ4n) is 3.92. The fourth-order valence-corrected chi connectivity index (χ4v) is 5.44. The summed E-state index contributed by atoms with van der Waals surface area (Å²) in [5.41, 5.74) is 1.12. The number of piperidine rings is 1. The molecule has 0 bridgehead atoms. The Morgan fingerprint density at radius 3 is 2.26 bits per heavy atom. The molecule has 0 spiro atoms. The molecule has 1 atom stereocenters. The van der Waals surface area contributed by atoms with E-state index in [2.05, 4.69) is 10.6 Å². The number of para-hydroxylation sites is 1. The third kappa shape index (κ3) is 6.15. The minimum atomic E-state index is -3.49.